The van der Waals surface area contributed by atoms with Gasteiger partial charge in [-0.25, -0.2) is 8.42 Å². The number of piperidine rings is 1. The van der Waals surface area contributed by atoms with Crippen LogP contribution < -0.4 is 0 Å². The van der Waals surface area contributed by atoms with Gasteiger partial charge in [-0.15, -0.1) is 11.3 Å². The maximum atomic E-state index is 12.6. The van der Waals surface area contributed by atoms with Gasteiger partial charge in [0, 0.05) is 19.7 Å². The van der Waals surface area contributed by atoms with Gasteiger partial charge in [0.05, 0.1) is 9.89 Å². The third-order valence-electron chi connectivity index (χ3n) is 3.17. The molecular formula is C12H18BrNO3S2. The minimum absolute atomic E-state index is 0.0259. The second-order valence-electron chi connectivity index (χ2n) is 4.60. The van der Waals surface area contributed by atoms with Crippen LogP contribution in [0.5, 0.6) is 0 Å². The van der Waals surface area contributed by atoms with Crippen LogP contribution in [0.3, 0.4) is 0 Å². The molecule has 1 saturated heterocycles. The van der Waals surface area contributed by atoms with Crippen molar-refractivity contribution in [3.63, 3.8) is 0 Å². The quantitative estimate of drug-likeness (QED) is 0.821. The fourth-order valence-corrected chi connectivity index (χ4v) is 6.07. The molecule has 0 amide bonds. The fraction of sp³-hybridized carbons (Fsp3) is 0.667. The standard InChI is InChI=1S/C12H18BrNO3S2/c1-3-17-10-5-4-6-14(8-10)19(15,16)11-7-9(2)12(13)18-11/h7,10H,3-6,8H2,1-2H3. The smallest absolute Gasteiger partial charge is 0.252 e. The predicted octanol–water partition coefficient (Wildman–Crippen LogP) is 3.01. The summed E-state index contributed by atoms with van der Waals surface area (Å²) in [5.74, 6) is 0. The summed E-state index contributed by atoms with van der Waals surface area (Å²) in [5.41, 5.74) is 0.960. The Hall–Kier alpha value is 0.0500. The highest BCUT2D eigenvalue weighted by molar-refractivity contribution is 9.11. The zero-order valence-electron chi connectivity index (χ0n) is 11.1. The summed E-state index contributed by atoms with van der Waals surface area (Å²) in [6, 6.07) is 1.73. The highest BCUT2D eigenvalue weighted by Gasteiger charge is 2.31. The SMILES string of the molecule is CCOC1CCCN(S(=O)(=O)c2cc(C)c(Br)s2)C1. The number of ether oxygens (including phenoxy) is 1. The largest absolute Gasteiger partial charge is 0.377 e. The molecule has 19 heavy (non-hydrogen) atoms. The molecule has 7 heteroatoms. The van der Waals surface area contributed by atoms with Crippen molar-refractivity contribution in [3.05, 3.63) is 15.4 Å². The zero-order chi connectivity index (χ0) is 14.0. The van der Waals surface area contributed by atoms with Crippen molar-refractivity contribution < 1.29 is 13.2 Å². The van der Waals surface area contributed by atoms with Gasteiger partial charge in [0.1, 0.15) is 4.21 Å². The van der Waals surface area contributed by atoms with Gasteiger partial charge >= 0.3 is 0 Å². The molecule has 1 atom stereocenters. The van der Waals surface area contributed by atoms with Crippen LogP contribution in [0.15, 0.2) is 14.1 Å². The van der Waals surface area contributed by atoms with Gasteiger partial charge in [-0.05, 0) is 54.2 Å². The first-order chi connectivity index (χ1) is 8.95. The number of thiophene rings is 1. The van der Waals surface area contributed by atoms with Gasteiger partial charge in [-0.3, -0.25) is 0 Å². The molecular weight excluding hydrogens is 350 g/mol. The molecule has 1 fully saturated rings. The number of sulfonamides is 1. The van der Waals surface area contributed by atoms with Crippen LogP contribution in [-0.2, 0) is 14.8 Å². The molecule has 0 radical (unpaired) electrons. The van der Waals surface area contributed by atoms with Crippen molar-refractivity contribution in [2.24, 2.45) is 0 Å². The molecule has 0 spiro atoms. The van der Waals surface area contributed by atoms with E-state index in [0.29, 0.717) is 23.9 Å². The lowest BCUT2D eigenvalue weighted by molar-refractivity contribution is 0.0265. The van der Waals surface area contributed by atoms with Crippen LogP contribution in [-0.4, -0.2) is 38.5 Å². The number of rotatable bonds is 4. The molecule has 1 aliphatic rings. The van der Waals surface area contributed by atoms with E-state index in [2.05, 4.69) is 15.9 Å². The molecule has 0 aromatic carbocycles. The van der Waals surface area contributed by atoms with E-state index in [0.717, 1.165) is 22.2 Å². The Labute approximate surface area is 126 Å². The van der Waals surface area contributed by atoms with E-state index in [1.54, 1.807) is 10.4 Å². The number of halogens is 1. The molecule has 0 bridgehead atoms. The van der Waals surface area contributed by atoms with E-state index in [-0.39, 0.29) is 6.10 Å². The highest BCUT2D eigenvalue weighted by atomic mass is 79.9. The Bertz CT molecular complexity index is 520. The first-order valence-electron chi connectivity index (χ1n) is 6.33. The molecule has 0 aliphatic carbocycles. The maximum absolute atomic E-state index is 12.6. The lowest BCUT2D eigenvalue weighted by Gasteiger charge is -2.31. The molecule has 0 N–H and O–H groups in total. The fourth-order valence-electron chi connectivity index (χ4n) is 2.18. The second kappa shape index (κ2) is 6.22. The van der Waals surface area contributed by atoms with Gasteiger partial charge in [0.15, 0.2) is 0 Å². The van der Waals surface area contributed by atoms with Gasteiger partial charge in [-0.2, -0.15) is 4.31 Å². The van der Waals surface area contributed by atoms with Crippen LogP contribution in [0.1, 0.15) is 25.3 Å². The van der Waals surface area contributed by atoms with Crippen molar-refractivity contribution in [2.45, 2.75) is 37.0 Å². The van der Waals surface area contributed by atoms with Crippen LogP contribution in [0.2, 0.25) is 0 Å². The second-order valence-corrected chi connectivity index (χ2v) is 9.14. The highest BCUT2D eigenvalue weighted by Crippen LogP contribution is 2.33. The summed E-state index contributed by atoms with van der Waals surface area (Å²) in [6.07, 6.45) is 1.82. The molecule has 1 aromatic rings. The van der Waals surface area contributed by atoms with Gasteiger partial charge in [0.25, 0.3) is 10.0 Å². The summed E-state index contributed by atoms with van der Waals surface area (Å²) in [7, 11) is -3.37. The molecule has 108 valence electrons. The zero-order valence-corrected chi connectivity index (χ0v) is 14.3. The maximum Gasteiger partial charge on any atom is 0.252 e. The van der Waals surface area contributed by atoms with E-state index in [1.807, 2.05) is 13.8 Å². The molecule has 2 rings (SSSR count). The van der Waals surface area contributed by atoms with Crippen LogP contribution in [0.25, 0.3) is 0 Å². The monoisotopic (exact) mass is 367 g/mol. The number of hydrogen-bond donors (Lipinski definition) is 0. The lowest BCUT2D eigenvalue weighted by atomic mass is 10.1. The number of aryl methyl sites for hydroxylation is 1. The Morgan fingerprint density at radius 1 is 1.58 bits per heavy atom. The van der Waals surface area contributed by atoms with Crippen molar-refractivity contribution >= 4 is 37.3 Å². The van der Waals surface area contributed by atoms with E-state index in [4.69, 9.17) is 4.74 Å². The van der Waals surface area contributed by atoms with Crippen LogP contribution >= 0.6 is 27.3 Å². The van der Waals surface area contributed by atoms with Gasteiger partial charge in [0.2, 0.25) is 0 Å². The van der Waals surface area contributed by atoms with Gasteiger partial charge in [-0.1, -0.05) is 0 Å². The molecule has 2 heterocycles. The molecule has 4 nitrogen and oxygen atoms in total. The van der Waals surface area contributed by atoms with Crippen molar-refractivity contribution in [1.29, 1.82) is 0 Å². The Morgan fingerprint density at radius 2 is 2.32 bits per heavy atom. The lowest BCUT2D eigenvalue weighted by Crippen LogP contribution is -2.42. The number of hydrogen-bond acceptors (Lipinski definition) is 4. The van der Waals surface area contributed by atoms with Crippen LogP contribution in [0, 0.1) is 6.92 Å². The van der Waals surface area contributed by atoms with Crippen molar-refractivity contribution in [1.82, 2.24) is 4.31 Å². The molecule has 1 aliphatic heterocycles. The van der Waals surface area contributed by atoms with E-state index in [1.165, 1.54) is 11.3 Å². The first kappa shape index (κ1) is 15.4. The van der Waals surface area contributed by atoms with Crippen molar-refractivity contribution in [3.8, 4) is 0 Å². The van der Waals surface area contributed by atoms with Crippen molar-refractivity contribution in [2.75, 3.05) is 19.7 Å². The van der Waals surface area contributed by atoms with Gasteiger partial charge < -0.3 is 4.74 Å². The number of nitrogens with zero attached hydrogens (tertiary/aromatic N) is 1. The summed E-state index contributed by atoms with van der Waals surface area (Å²) >= 11 is 4.66. The van der Waals surface area contributed by atoms with E-state index in [9.17, 15) is 8.42 Å². The average molecular weight is 368 g/mol. The average Bonchev–Trinajstić information content (AvgIpc) is 2.71. The Kier molecular flexibility index (Phi) is 5.05. The summed E-state index contributed by atoms with van der Waals surface area (Å²) < 4.78 is 33.5. The minimum Gasteiger partial charge on any atom is -0.377 e. The third kappa shape index (κ3) is 3.39. The Balaban J connectivity index is 2.19. The van der Waals surface area contributed by atoms with E-state index >= 15 is 0 Å². The molecule has 0 saturated carbocycles. The topological polar surface area (TPSA) is 46.6 Å². The summed E-state index contributed by atoms with van der Waals surface area (Å²) in [5, 5.41) is 0. The molecule has 1 aromatic heterocycles. The Morgan fingerprint density at radius 3 is 2.89 bits per heavy atom. The normalized spacial score (nSPS) is 21.7. The third-order valence-corrected chi connectivity index (χ3v) is 7.62. The van der Waals surface area contributed by atoms with Crippen LogP contribution in [0.4, 0.5) is 0 Å². The predicted molar refractivity (Wildman–Crippen MR) is 80.2 cm³/mol. The summed E-state index contributed by atoms with van der Waals surface area (Å²) in [4.78, 5) is 0. The minimum atomic E-state index is -3.37. The summed E-state index contributed by atoms with van der Waals surface area (Å²) in [6.45, 7) is 5.51. The first-order valence-corrected chi connectivity index (χ1v) is 9.37. The van der Waals surface area contributed by atoms with E-state index < -0.39 is 10.0 Å². The molecule has 1 unspecified atom stereocenters.